The molecule has 0 amide bonds. The molecule has 4 nitrogen and oxygen atoms in total. The van der Waals surface area contributed by atoms with Gasteiger partial charge in [0.2, 0.25) is 0 Å². The van der Waals surface area contributed by atoms with Crippen LogP contribution in [-0.2, 0) is 0 Å². The Morgan fingerprint density at radius 2 is 2.11 bits per heavy atom. The van der Waals surface area contributed by atoms with E-state index >= 15 is 0 Å². The van der Waals surface area contributed by atoms with Gasteiger partial charge in [0.05, 0.1) is 17.4 Å². The van der Waals surface area contributed by atoms with Crippen LogP contribution in [0.25, 0.3) is 0 Å². The molecule has 1 heterocycles. The first kappa shape index (κ1) is 14.3. The molecule has 0 aliphatic carbocycles. The van der Waals surface area contributed by atoms with E-state index in [4.69, 9.17) is 11.0 Å². The summed E-state index contributed by atoms with van der Waals surface area (Å²) in [4.78, 5) is 4.17. The van der Waals surface area contributed by atoms with E-state index in [0.717, 1.165) is 12.3 Å². The largest absolute Gasteiger partial charge is 0.397 e. The second-order valence-electron chi connectivity index (χ2n) is 5.15. The third-order valence-corrected chi connectivity index (χ3v) is 2.83. The maximum absolute atomic E-state index is 9.02. The molecule has 98 valence electrons. The van der Waals surface area contributed by atoms with Gasteiger partial charge in [-0.3, -0.25) is 0 Å². The molecule has 0 radical (unpaired) electrons. The summed E-state index contributed by atoms with van der Waals surface area (Å²) in [5, 5.41) is 12.3. The van der Waals surface area contributed by atoms with Crippen LogP contribution < -0.4 is 11.1 Å². The van der Waals surface area contributed by atoms with Crippen LogP contribution in [0.3, 0.4) is 0 Å². The van der Waals surface area contributed by atoms with Crippen LogP contribution in [0.5, 0.6) is 0 Å². The van der Waals surface area contributed by atoms with Gasteiger partial charge in [-0.1, -0.05) is 26.7 Å². The number of rotatable bonds is 6. The molecule has 0 spiro atoms. The number of hydrogen-bond donors (Lipinski definition) is 2. The standard InChI is InChI=1S/C14H22N4/c1-10(2)5-4-6-11(3)18-14-12(8-15)7-13(16)9-17-14/h7,9-11H,4-6,16H2,1-3H3,(H,17,18). The molecule has 0 fully saturated rings. The first-order valence-corrected chi connectivity index (χ1v) is 6.45. The fraction of sp³-hybridized carbons (Fsp3) is 0.571. The van der Waals surface area contributed by atoms with Crippen molar-refractivity contribution in [2.45, 2.75) is 46.1 Å². The fourth-order valence-electron chi connectivity index (χ4n) is 1.82. The van der Waals surface area contributed by atoms with Crippen LogP contribution in [-0.4, -0.2) is 11.0 Å². The van der Waals surface area contributed by atoms with E-state index in [0.29, 0.717) is 23.1 Å². The highest BCUT2D eigenvalue weighted by Gasteiger charge is 2.08. The van der Waals surface area contributed by atoms with E-state index in [9.17, 15) is 0 Å². The molecule has 1 unspecified atom stereocenters. The molecule has 1 aromatic heterocycles. The second-order valence-corrected chi connectivity index (χ2v) is 5.15. The number of nitrogens with one attached hydrogen (secondary N) is 1. The predicted octanol–water partition coefficient (Wildman–Crippen LogP) is 3.16. The summed E-state index contributed by atoms with van der Waals surface area (Å²) < 4.78 is 0. The molecule has 0 aliphatic rings. The van der Waals surface area contributed by atoms with E-state index in [1.165, 1.54) is 12.8 Å². The van der Waals surface area contributed by atoms with Crippen molar-refractivity contribution >= 4 is 11.5 Å². The number of hydrogen-bond acceptors (Lipinski definition) is 4. The zero-order valence-corrected chi connectivity index (χ0v) is 11.4. The molecule has 0 aliphatic heterocycles. The van der Waals surface area contributed by atoms with Gasteiger partial charge in [0.1, 0.15) is 11.9 Å². The molecule has 1 rings (SSSR count). The van der Waals surface area contributed by atoms with Crippen LogP contribution in [0.15, 0.2) is 12.3 Å². The highest BCUT2D eigenvalue weighted by atomic mass is 15.0. The summed E-state index contributed by atoms with van der Waals surface area (Å²) in [6.07, 6.45) is 5.06. The number of aromatic nitrogens is 1. The predicted molar refractivity (Wildman–Crippen MR) is 75.1 cm³/mol. The normalized spacial score (nSPS) is 12.2. The van der Waals surface area contributed by atoms with Crippen LogP contribution in [0.2, 0.25) is 0 Å². The van der Waals surface area contributed by atoms with Gasteiger partial charge in [0.15, 0.2) is 0 Å². The topological polar surface area (TPSA) is 74.7 Å². The van der Waals surface area contributed by atoms with Gasteiger partial charge in [-0.2, -0.15) is 5.26 Å². The van der Waals surface area contributed by atoms with Gasteiger partial charge in [-0.05, 0) is 25.3 Å². The summed E-state index contributed by atoms with van der Waals surface area (Å²) in [6, 6.07) is 4.07. The Morgan fingerprint density at radius 3 is 2.72 bits per heavy atom. The Hall–Kier alpha value is -1.76. The average Bonchev–Trinajstić information content (AvgIpc) is 2.31. The zero-order valence-electron chi connectivity index (χ0n) is 11.4. The quantitative estimate of drug-likeness (QED) is 0.808. The maximum Gasteiger partial charge on any atom is 0.144 e. The van der Waals surface area contributed by atoms with Crippen LogP contribution in [0.4, 0.5) is 11.5 Å². The van der Waals surface area contributed by atoms with Crippen molar-refractivity contribution in [2.24, 2.45) is 5.92 Å². The van der Waals surface area contributed by atoms with Gasteiger partial charge in [-0.25, -0.2) is 4.98 Å². The highest BCUT2D eigenvalue weighted by Crippen LogP contribution is 2.17. The average molecular weight is 246 g/mol. The monoisotopic (exact) mass is 246 g/mol. The number of nitrogens with two attached hydrogens (primary N) is 1. The second kappa shape index (κ2) is 6.85. The van der Waals surface area contributed by atoms with E-state index in [1.807, 2.05) is 0 Å². The molecule has 0 saturated carbocycles. The van der Waals surface area contributed by atoms with Crippen molar-refractivity contribution in [1.82, 2.24) is 4.98 Å². The Morgan fingerprint density at radius 1 is 1.39 bits per heavy atom. The molecular formula is C14H22N4. The first-order valence-electron chi connectivity index (χ1n) is 6.45. The number of nitrogens with zero attached hydrogens (tertiary/aromatic N) is 2. The first-order chi connectivity index (χ1) is 8.52. The Bertz CT molecular complexity index is 420. The smallest absolute Gasteiger partial charge is 0.144 e. The van der Waals surface area contributed by atoms with Crippen LogP contribution >= 0.6 is 0 Å². The highest BCUT2D eigenvalue weighted by molar-refractivity contribution is 5.57. The summed E-state index contributed by atoms with van der Waals surface area (Å²) in [5.74, 6) is 1.37. The van der Waals surface area contributed by atoms with Gasteiger partial charge >= 0.3 is 0 Å². The van der Waals surface area contributed by atoms with Crippen molar-refractivity contribution in [1.29, 1.82) is 5.26 Å². The summed E-state index contributed by atoms with van der Waals surface area (Å²) in [6.45, 7) is 6.57. The SMILES string of the molecule is CC(C)CCCC(C)Nc1ncc(N)cc1C#N. The Labute approximate surface area is 109 Å². The molecule has 0 bridgehead atoms. The maximum atomic E-state index is 9.02. The number of nitriles is 1. The zero-order chi connectivity index (χ0) is 13.5. The minimum absolute atomic E-state index is 0.312. The lowest BCUT2D eigenvalue weighted by Gasteiger charge is -2.16. The van der Waals surface area contributed by atoms with Crippen molar-refractivity contribution < 1.29 is 0 Å². The lowest BCUT2D eigenvalue weighted by Crippen LogP contribution is -2.17. The Balaban J connectivity index is 2.54. The van der Waals surface area contributed by atoms with E-state index in [1.54, 1.807) is 12.3 Å². The van der Waals surface area contributed by atoms with Gasteiger partial charge in [0, 0.05) is 6.04 Å². The van der Waals surface area contributed by atoms with Gasteiger partial charge in [-0.15, -0.1) is 0 Å². The molecular weight excluding hydrogens is 224 g/mol. The molecule has 4 heteroatoms. The van der Waals surface area contributed by atoms with E-state index in [-0.39, 0.29) is 0 Å². The van der Waals surface area contributed by atoms with Crippen molar-refractivity contribution in [3.63, 3.8) is 0 Å². The summed E-state index contributed by atoms with van der Waals surface area (Å²) in [5.41, 5.74) is 6.63. The number of anilines is 2. The molecule has 1 atom stereocenters. The van der Waals surface area contributed by atoms with Crippen molar-refractivity contribution in [3.8, 4) is 6.07 Å². The minimum atomic E-state index is 0.312. The molecule has 0 saturated heterocycles. The van der Waals surface area contributed by atoms with Crippen molar-refractivity contribution in [3.05, 3.63) is 17.8 Å². The number of pyridine rings is 1. The lowest BCUT2D eigenvalue weighted by molar-refractivity contribution is 0.520. The van der Waals surface area contributed by atoms with E-state index < -0.39 is 0 Å². The lowest BCUT2D eigenvalue weighted by atomic mass is 10.0. The van der Waals surface area contributed by atoms with Crippen molar-refractivity contribution in [2.75, 3.05) is 11.1 Å². The molecule has 18 heavy (non-hydrogen) atoms. The van der Waals surface area contributed by atoms with E-state index in [2.05, 4.69) is 37.1 Å². The number of nitrogen functional groups attached to an aromatic ring is 1. The van der Waals surface area contributed by atoms with Gasteiger partial charge in [0.25, 0.3) is 0 Å². The van der Waals surface area contributed by atoms with Crippen LogP contribution in [0, 0.1) is 17.2 Å². The van der Waals surface area contributed by atoms with Crippen LogP contribution in [0.1, 0.15) is 45.6 Å². The summed E-state index contributed by atoms with van der Waals surface area (Å²) >= 11 is 0. The minimum Gasteiger partial charge on any atom is -0.397 e. The molecule has 0 aromatic carbocycles. The third kappa shape index (κ3) is 4.62. The Kier molecular flexibility index (Phi) is 5.44. The van der Waals surface area contributed by atoms with Gasteiger partial charge < -0.3 is 11.1 Å². The molecule has 3 N–H and O–H groups in total. The fourth-order valence-corrected chi connectivity index (χ4v) is 1.82. The summed E-state index contributed by atoms with van der Waals surface area (Å²) in [7, 11) is 0. The molecule has 1 aromatic rings. The third-order valence-electron chi connectivity index (χ3n) is 2.83.